The van der Waals surface area contributed by atoms with E-state index in [0.29, 0.717) is 0 Å². The fourth-order valence-corrected chi connectivity index (χ4v) is 0.291. The number of carbonyl (C=O) groups excluding carboxylic acids is 1. The molecule has 0 aromatic carbocycles. The standard InChI is InChI=1S/C5H7ClO2/c1-2-3-4-5(7)8-6/h3-4H,2H2,1H3. The minimum atomic E-state index is -0.520. The maximum atomic E-state index is 10.1. The molecule has 0 fully saturated rings. The molecule has 0 unspecified atom stereocenters. The van der Waals surface area contributed by atoms with Crippen molar-refractivity contribution in [1.82, 2.24) is 0 Å². The summed E-state index contributed by atoms with van der Waals surface area (Å²) in [6.45, 7) is 1.91. The average molecular weight is 135 g/mol. The van der Waals surface area contributed by atoms with Gasteiger partial charge in [0.25, 0.3) is 0 Å². The molecule has 2 nitrogen and oxygen atoms in total. The Morgan fingerprint density at radius 3 is 2.88 bits per heavy atom. The molecular formula is C5H7ClO2. The van der Waals surface area contributed by atoms with E-state index in [-0.39, 0.29) is 0 Å². The highest BCUT2D eigenvalue weighted by atomic mass is 35.5. The summed E-state index contributed by atoms with van der Waals surface area (Å²) in [5, 5.41) is 0. The largest absolute Gasteiger partial charge is 0.348 e. The maximum absolute atomic E-state index is 10.1. The third-order valence-electron chi connectivity index (χ3n) is 0.566. The van der Waals surface area contributed by atoms with E-state index < -0.39 is 5.97 Å². The van der Waals surface area contributed by atoms with E-state index >= 15 is 0 Å². The number of allylic oxidation sites excluding steroid dienone is 1. The molecular weight excluding hydrogens is 128 g/mol. The summed E-state index contributed by atoms with van der Waals surface area (Å²) >= 11 is 4.69. The van der Waals surface area contributed by atoms with Crippen molar-refractivity contribution in [2.24, 2.45) is 0 Å². The number of rotatable bonds is 2. The Morgan fingerprint density at radius 2 is 2.50 bits per heavy atom. The normalized spacial score (nSPS) is 9.75. The molecule has 0 aliphatic rings. The van der Waals surface area contributed by atoms with Gasteiger partial charge in [-0.3, -0.25) is 0 Å². The van der Waals surface area contributed by atoms with Crippen LogP contribution in [0.5, 0.6) is 0 Å². The highest BCUT2D eigenvalue weighted by molar-refractivity contribution is 6.14. The van der Waals surface area contributed by atoms with Crippen molar-refractivity contribution in [3.8, 4) is 0 Å². The molecule has 0 heterocycles. The predicted octanol–water partition coefficient (Wildman–Crippen LogP) is 1.65. The molecule has 0 bridgehead atoms. The van der Waals surface area contributed by atoms with Crippen molar-refractivity contribution in [2.45, 2.75) is 13.3 Å². The van der Waals surface area contributed by atoms with E-state index in [1.54, 1.807) is 6.08 Å². The zero-order valence-electron chi connectivity index (χ0n) is 4.56. The van der Waals surface area contributed by atoms with Crippen molar-refractivity contribution in [3.63, 3.8) is 0 Å². The van der Waals surface area contributed by atoms with Crippen molar-refractivity contribution in [1.29, 1.82) is 0 Å². The molecule has 0 amide bonds. The van der Waals surface area contributed by atoms with Gasteiger partial charge in [-0.2, -0.15) is 0 Å². The van der Waals surface area contributed by atoms with Crippen molar-refractivity contribution in [3.05, 3.63) is 12.2 Å². The quantitative estimate of drug-likeness (QED) is 0.537. The number of carbonyl (C=O) groups is 1. The van der Waals surface area contributed by atoms with Gasteiger partial charge in [-0.05, 0) is 6.42 Å². The first-order valence-corrected chi connectivity index (χ1v) is 2.61. The summed E-state index contributed by atoms with van der Waals surface area (Å²) in [6.07, 6.45) is 3.77. The van der Waals surface area contributed by atoms with Crippen LogP contribution in [0.15, 0.2) is 12.2 Å². The second-order valence-corrected chi connectivity index (χ2v) is 1.36. The highest BCUT2D eigenvalue weighted by Crippen LogP contribution is 1.85. The van der Waals surface area contributed by atoms with Crippen LogP contribution in [-0.4, -0.2) is 5.97 Å². The second-order valence-electron chi connectivity index (χ2n) is 1.21. The van der Waals surface area contributed by atoms with Crippen LogP contribution < -0.4 is 0 Å². The number of halogens is 1. The zero-order valence-corrected chi connectivity index (χ0v) is 5.31. The summed E-state index contributed by atoms with van der Waals surface area (Å²) in [4.78, 5) is 10.1. The van der Waals surface area contributed by atoms with Crippen LogP contribution in [-0.2, 0) is 9.08 Å². The average Bonchev–Trinajstić information content (AvgIpc) is 1.83. The zero-order chi connectivity index (χ0) is 6.41. The maximum Gasteiger partial charge on any atom is 0.348 e. The highest BCUT2D eigenvalue weighted by Gasteiger charge is 1.88. The van der Waals surface area contributed by atoms with Crippen LogP contribution >= 0.6 is 11.9 Å². The summed E-state index contributed by atoms with van der Waals surface area (Å²) in [5.41, 5.74) is 0. The van der Waals surface area contributed by atoms with Crippen molar-refractivity contribution in [2.75, 3.05) is 0 Å². The molecule has 0 radical (unpaired) electrons. The molecule has 0 aliphatic carbocycles. The van der Waals surface area contributed by atoms with Gasteiger partial charge in [-0.25, -0.2) is 4.79 Å². The van der Waals surface area contributed by atoms with Crippen LogP contribution in [0.3, 0.4) is 0 Å². The van der Waals surface area contributed by atoms with Crippen molar-refractivity contribution >= 4 is 17.8 Å². The Bertz CT molecular complexity index is 98.6. The van der Waals surface area contributed by atoms with Gasteiger partial charge < -0.3 is 4.29 Å². The van der Waals surface area contributed by atoms with E-state index in [4.69, 9.17) is 0 Å². The lowest BCUT2D eigenvalue weighted by Crippen LogP contribution is -1.87. The van der Waals surface area contributed by atoms with E-state index in [9.17, 15) is 4.79 Å². The van der Waals surface area contributed by atoms with Gasteiger partial charge in [0.15, 0.2) is 0 Å². The van der Waals surface area contributed by atoms with Gasteiger partial charge in [-0.15, -0.1) is 0 Å². The Balaban J connectivity index is 3.37. The van der Waals surface area contributed by atoms with E-state index in [0.717, 1.165) is 6.42 Å². The Morgan fingerprint density at radius 1 is 1.88 bits per heavy atom. The van der Waals surface area contributed by atoms with E-state index in [1.165, 1.54) is 6.08 Å². The van der Waals surface area contributed by atoms with E-state index in [1.807, 2.05) is 6.92 Å². The lowest BCUT2D eigenvalue weighted by Gasteiger charge is -1.81. The summed E-state index contributed by atoms with van der Waals surface area (Å²) in [7, 11) is 0. The van der Waals surface area contributed by atoms with E-state index in [2.05, 4.69) is 16.2 Å². The summed E-state index contributed by atoms with van der Waals surface area (Å²) < 4.78 is 3.80. The smallest absolute Gasteiger partial charge is 0.344 e. The molecule has 0 N–H and O–H groups in total. The molecule has 46 valence electrons. The van der Waals surface area contributed by atoms with Crippen LogP contribution in [0, 0.1) is 0 Å². The topological polar surface area (TPSA) is 26.3 Å². The minimum Gasteiger partial charge on any atom is -0.344 e. The molecule has 0 saturated heterocycles. The molecule has 0 aromatic heterocycles. The van der Waals surface area contributed by atoms with Gasteiger partial charge in [0.2, 0.25) is 0 Å². The molecule has 0 saturated carbocycles. The fourth-order valence-electron chi connectivity index (χ4n) is 0.240. The van der Waals surface area contributed by atoms with Gasteiger partial charge in [0, 0.05) is 6.08 Å². The lowest BCUT2D eigenvalue weighted by molar-refractivity contribution is -0.128. The molecule has 0 rings (SSSR count). The first-order valence-electron chi connectivity index (χ1n) is 2.30. The Labute approximate surface area is 53.3 Å². The lowest BCUT2D eigenvalue weighted by atomic mass is 10.4. The monoisotopic (exact) mass is 134 g/mol. The molecule has 0 aromatic rings. The second kappa shape index (κ2) is 4.65. The van der Waals surface area contributed by atoms with Gasteiger partial charge >= 0.3 is 5.97 Å². The first-order chi connectivity index (χ1) is 3.81. The molecule has 0 atom stereocenters. The van der Waals surface area contributed by atoms with Crippen LogP contribution in [0.25, 0.3) is 0 Å². The number of hydrogen-bond donors (Lipinski definition) is 0. The van der Waals surface area contributed by atoms with Crippen molar-refractivity contribution < 1.29 is 9.08 Å². The van der Waals surface area contributed by atoms with Gasteiger partial charge in [-0.1, -0.05) is 13.0 Å². The third-order valence-corrected chi connectivity index (χ3v) is 0.718. The molecule has 0 spiro atoms. The number of hydrogen-bond acceptors (Lipinski definition) is 2. The van der Waals surface area contributed by atoms with Gasteiger partial charge in [0.1, 0.15) is 11.9 Å². The molecule has 3 heteroatoms. The van der Waals surface area contributed by atoms with Crippen LogP contribution in [0.4, 0.5) is 0 Å². The minimum absolute atomic E-state index is 0.520. The summed E-state index contributed by atoms with van der Waals surface area (Å²) in [6, 6.07) is 0. The van der Waals surface area contributed by atoms with Crippen LogP contribution in [0.1, 0.15) is 13.3 Å². The van der Waals surface area contributed by atoms with Crippen LogP contribution in [0.2, 0.25) is 0 Å². The molecule has 8 heavy (non-hydrogen) atoms. The predicted molar refractivity (Wildman–Crippen MR) is 31.4 cm³/mol. The summed E-state index contributed by atoms with van der Waals surface area (Å²) in [5.74, 6) is -0.520. The molecule has 0 aliphatic heterocycles. The third kappa shape index (κ3) is 3.68. The SMILES string of the molecule is CCC=CC(=O)OCl. The Hall–Kier alpha value is -0.500. The Kier molecular flexibility index (Phi) is 4.36. The van der Waals surface area contributed by atoms with Gasteiger partial charge in [0.05, 0.1) is 0 Å². The fraction of sp³-hybridized carbons (Fsp3) is 0.400. The first kappa shape index (κ1) is 7.50.